The predicted molar refractivity (Wildman–Crippen MR) is 89.8 cm³/mol. The minimum atomic E-state index is -0.207. The van der Waals surface area contributed by atoms with Gasteiger partial charge in [-0.2, -0.15) is 0 Å². The van der Waals surface area contributed by atoms with Crippen molar-refractivity contribution in [1.29, 1.82) is 0 Å². The monoisotopic (exact) mass is 325 g/mol. The zero-order chi connectivity index (χ0) is 15.1. The van der Waals surface area contributed by atoms with E-state index in [9.17, 15) is 4.39 Å². The fourth-order valence-electron chi connectivity index (χ4n) is 2.37. The molecule has 114 valence electrons. The molecule has 0 aliphatic heterocycles. The van der Waals surface area contributed by atoms with Gasteiger partial charge in [-0.25, -0.2) is 4.39 Å². The Morgan fingerprint density at radius 1 is 1.29 bits per heavy atom. The summed E-state index contributed by atoms with van der Waals surface area (Å²) in [6.45, 7) is 3.08. The van der Waals surface area contributed by atoms with Gasteiger partial charge in [0, 0.05) is 21.5 Å². The van der Waals surface area contributed by atoms with E-state index in [2.05, 4.69) is 29.8 Å². The number of rotatable bonds is 8. The van der Waals surface area contributed by atoms with E-state index < -0.39 is 0 Å². The Morgan fingerprint density at radius 3 is 2.81 bits per heavy atom. The van der Waals surface area contributed by atoms with Gasteiger partial charge < -0.3 is 5.32 Å². The Labute approximate surface area is 135 Å². The van der Waals surface area contributed by atoms with Crippen molar-refractivity contribution in [2.24, 2.45) is 0 Å². The zero-order valence-corrected chi connectivity index (χ0v) is 13.8. The molecule has 2 rings (SSSR count). The molecule has 0 radical (unpaired) electrons. The fourth-order valence-corrected chi connectivity index (χ4v) is 3.33. The molecule has 4 heteroatoms. The first-order chi connectivity index (χ1) is 10.2. The molecule has 1 atom stereocenters. The summed E-state index contributed by atoms with van der Waals surface area (Å²) in [4.78, 5) is 1.37. The van der Waals surface area contributed by atoms with E-state index in [0.29, 0.717) is 17.0 Å². The SMILES string of the molecule is CCCNC(CCc1cccs1)Cc1c(F)cccc1Cl. The highest BCUT2D eigenvalue weighted by atomic mass is 35.5. The van der Waals surface area contributed by atoms with Crippen LogP contribution in [0, 0.1) is 5.82 Å². The fraction of sp³-hybridized carbons (Fsp3) is 0.412. The van der Waals surface area contributed by atoms with Crippen LogP contribution in [0.1, 0.15) is 30.2 Å². The topological polar surface area (TPSA) is 12.0 Å². The van der Waals surface area contributed by atoms with Crippen LogP contribution in [0.25, 0.3) is 0 Å². The number of hydrogen-bond acceptors (Lipinski definition) is 2. The standard InChI is InChI=1S/C17H21ClFNS/c1-2-10-20-13(8-9-14-5-4-11-21-14)12-15-16(18)6-3-7-17(15)19/h3-7,11,13,20H,2,8-10,12H2,1H3. The van der Waals surface area contributed by atoms with Crippen LogP contribution in [0.4, 0.5) is 4.39 Å². The Kier molecular flexibility index (Phi) is 6.68. The number of hydrogen-bond donors (Lipinski definition) is 1. The lowest BCUT2D eigenvalue weighted by Gasteiger charge is -2.19. The highest BCUT2D eigenvalue weighted by Gasteiger charge is 2.14. The maximum absolute atomic E-state index is 13.9. The highest BCUT2D eigenvalue weighted by Crippen LogP contribution is 2.22. The molecular weight excluding hydrogens is 305 g/mol. The van der Waals surface area contributed by atoms with E-state index in [1.807, 2.05) is 0 Å². The Balaban J connectivity index is 2.01. The second-order valence-corrected chi connectivity index (χ2v) is 6.61. The summed E-state index contributed by atoms with van der Waals surface area (Å²) in [6, 6.07) is 9.37. The molecule has 1 nitrogen and oxygen atoms in total. The normalized spacial score (nSPS) is 12.5. The van der Waals surface area contributed by atoms with Gasteiger partial charge in [-0.3, -0.25) is 0 Å². The highest BCUT2D eigenvalue weighted by molar-refractivity contribution is 7.09. The predicted octanol–water partition coefficient (Wildman–Crippen LogP) is 5.08. The Morgan fingerprint density at radius 2 is 2.14 bits per heavy atom. The molecule has 0 aliphatic rings. The van der Waals surface area contributed by atoms with Gasteiger partial charge in [0.1, 0.15) is 5.82 Å². The Hall–Kier alpha value is -0.900. The lowest BCUT2D eigenvalue weighted by molar-refractivity contribution is 0.469. The smallest absolute Gasteiger partial charge is 0.127 e. The van der Waals surface area contributed by atoms with Crippen LogP contribution in [0.3, 0.4) is 0 Å². The van der Waals surface area contributed by atoms with Gasteiger partial charge in [0.25, 0.3) is 0 Å². The number of halogens is 2. The quantitative estimate of drug-likeness (QED) is 0.713. The van der Waals surface area contributed by atoms with E-state index in [1.165, 1.54) is 10.9 Å². The molecule has 1 heterocycles. The molecule has 1 aromatic heterocycles. The van der Waals surface area contributed by atoms with Crippen LogP contribution in [0.5, 0.6) is 0 Å². The Bertz CT molecular complexity index is 521. The first-order valence-electron chi connectivity index (χ1n) is 7.39. The van der Waals surface area contributed by atoms with Crippen LogP contribution >= 0.6 is 22.9 Å². The maximum atomic E-state index is 13.9. The van der Waals surface area contributed by atoms with Crippen molar-refractivity contribution in [3.63, 3.8) is 0 Å². The minimum Gasteiger partial charge on any atom is -0.314 e. The second kappa shape index (κ2) is 8.52. The van der Waals surface area contributed by atoms with Gasteiger partial charge in [0.2, 0.25) is 0 Å². The van der Waals surface area contributed by atoms with Crippen molar-refractivity contribution in [3.05, 3.63) is 57.0 Å². The summed E-state index contributed by atoms with van der Waals surface area (Å²) >= 11 is 7.92. The van der Waals surface area contributed by atoms with Crippen LogP contribution < -0.4 is 5.32 Å². The molecule has 21 heavy (non-hydrogen) atoms. The second-order valence-electron chi connectivity index (χ2n) is 5.17. The minimum absolute atomic E-state index is 0.207. The molecular formula is C17H21ClFNS. The third kappa shape index (κ3) is 5.10. The molecule has 1 N–H and O–H groups in total. The molecule has 1 unspecified atom stereocenters. The van der Waals surface area contributed by atoms with Crippen molar-refractivity contribution in [3.8, 4) is 0 Å². The first-order valence-corrected chi connectivity index (χ1v) is 8.65. The van der Waals surface area contributed by atoms with E-state index in [4.69, 9.17) is 11.6 Å². The maximum Gasteiger partial charge on any atom is 0.127 e. The van der Waals surface area contributed by atoms with Crippen molar-refractivity contribution in [2.75, 3.05) is 6.54 Å². The lowest BCUT2D eigenvalue weighted by Crippen LogP contribution is -2.32. The molecule has 0 amide bonds. The van der Waals surface area contributed by atoms with Crippen molar-refractivity contribution < 1.29 is 4.39 Å². The van der Waals surface area contributed by atoms with Crippen LogP contribution in [0.2, 0.25) is 5.02 Å². The van der Waals surface area contributed by atoms with Crippen LogP contribution in [-0.2, 0) is 12.8 Å². The van der Waals surface area contributed by atoms with E-state index in [0.717, 1.165) is 25.8 Å². The largest absolute Gasteiger partial charge is 0.314 e. The average molecular weight is 326 g/mol. The summed E-state index contributed by atoms with van der Waals surface area (Å²) in [6.07, 6.45) is 3.72. The summed E-state index contributed by atoms with van der Waals surface area (Å²) < 4.78 is 13.9. The third-order valence-corrected chi connectivity index (χ3v) is 4.80. The van der Waals surface area contributed by atoms with Gasteiger partial charge in [-0.1, -0.05) is 30.7 Å². The number of nitrogens with one attached hydrogen (secondary N) is 1. The van der Waals surface area contributed by atoms with E-state index in [-0.39, 0.29) is 11.9 Å². The number of aryl methyl sites for hydroxylation is 1. The van der Waals surface area contributed by atoms with Gasteiger partial charge in [0.05, 0.1) is 0 Å². The van der Waals surface area contributed by atoms with Crippen molar-refractivity contribution >= 4 is 22.9 Å². The first kappa shape index (κ1) is 16.5. The van der Waals surface area contributed by atoms with Crippen molar-refractivity contribution in [2.45, 2.75) is 38.6 Å². The summed E-state index contributed by atoms with van der Waals surface area (Å²) in [5.74, 6) is -0.207. The third-order valence-electron chi connectivity index (χ3n) is 3.51. The number of thiophene rings is 1. The van der Waals surface area contributed by atoms with Gasteiger partial charge >= 0.3 is 0 Å². The lowest BCUT2D eigenvalue weighted by atomic mass is 10.0. The van der Waals surface area contributed by atoms with Gasteiger partial charge in [-0.05, 0) is 55.8 Å². The van der Waals surface area contributed by atoms with Crippen LogP contribution in [-0.4, -0.2) is 12.6 Å². The molecule has 0 bridgehead atoms. The van der Waals surface area contributed by atoms with E-state index in [1.54, 1.807) is 23.5 Å². The summed E-state index contributed by atoms with van der Waals surface area (Å²) in [5, 5.41) is 6.13. The van der Waals surface area contributed by atoms with Crippen molar-refractivity contribution in [1.82, 2.24) is 5.32 Å². The molecule has 0 saturated heterocycles. The summed E-state index contributed by atoms with van der Waals surface area (Å²) in [7, 11) is 0. The molecule has 0 saturated carbocycles. The molecule has 2 aromatic rings. The molecule has 0 spiro atoms. The van der Waals surface area contributed by atoms with E-state index >= 15 is 0 Å². The average Bonchev–Trinajstić information content (AvgIpc) is 2.98. The van der Waals surface area contributed by atoms with Crippen LogP contribution in [0.15, 0.2) is 35.7 Å². The summed E-state index contributed by atoms with van der Waals surface area (Å²) in [5.41, 5.74) is 0.624. The van der Waals surface area contributed by atoms with Gasteiger partial charge in [-0.15, -0.1) is 11.3 Å². The molecule has 0 aliphatic carbocycles. The van der Waals surface area contributed by atoms with Gasteiger partial charge in [0.15, 0.2) is 0 Å². The zero-order valence-electron chi connectivity index (χ0n) is 12.2. The molecule has 0 fully saturated rings. The number of benzene rings is 1. The molecule has 1 aromatic carbocycles.